The number of pyridine rings is 1. The van der Waals surface area contributed by atoms with Crippen molar-refractivity contribution in [2.24, 2.45) is 0 Å². The third kappa shape index (κ3) is 4.30. The highest BCUT2D eigenvalue weighted by Gasteiger charge is 2.34. The van der Waals surface area contributed by atoms with Gasteiger partial charge < -0.3 is 5.32 Å². The van der Waals surface area contributed by atoms with Gasteiger partial charge in [-0.05, 0) is 35.5 Å². The van der Waals surface area contributed by atoms with Gasteiger partial charge in [0.15, 0.2) is 0 Å². The molecule has 2 heterocycles. The molecule has 3 rings (SSSR count). The maximum atomic E-state index is 12.4. The number of halogens is 1. The molecule has 132 valence electrons. The minimum atomic E-state index is -0.355. The second-order valence-corrected chi connectivity index (χ2v) is 6.75. The number of aromatic nitrogens is 1. The van der Waals surface area contributed by atoms with Gasteiger partial charge in [0.2, 0.25) is 0 Å². The zero-order valence-corrected chi connectivity index (χ0v) is 15.1. The number of imide groups is 1. The SMILES string of the molecule is O=C(NCCN1C(=O)S/C(=C/c2ccccc2)C1=O)c1ccc(Cl)nc1. The number of carbonyl (C=O) groups is 3. The largest absolute Gasteiger partial charge is 0.350 e. The van der Waals surface area contributed by atoms with Crippen LogP contribution in [0.2, 0.25) is 5.15 Å². The molecule has 0 saturated carbocycles. The van der Waals surface area contributed by atoms with Crippen molar-refractivity contribution in [2.45, 2.75) is 0 Å². The fourth-order valence-corrected chi connectivity index (χ4v) is 3.26. The number of nitrogens with one attached hydrogen (secondary N) is 1. The second-order valence-electron chi connectivity index (χ2n) is 5.37. The fraction of sp³-hybridized carbons (Fsp3) is 0.111. The number of hydrogen-bond donors (Lipinski definition) is 1. The Balaban J connectivity index is 1.57. The van der Waals surface area contributed by atoms with Crippen LogP contribution in [0.4, 0.5) is 4.79 Å². The molecule has 26 heavy (non-hydrogen) atoms. The summed E-state index contributed by atoms with van der Waals surface area (Å²) in [5.74, 6) is -0.702. The van der Waals surface area contributed by atoms with Gasteiger partial charge in [-0.25, -0.2) is 4.98 Å². The van der Waals surface area contributed by atoms with E-state index < -0.39 is 0 Å². The molecule has 1 aromatic carbocycles. The van der Waals surface area contributed by atoms with Crippen molar-refractivity contribution >= 4 is 46.5 Å². The van der Waals surface area contributed by atoms with Crippen LogP contribution in [-0.2, 0) is 4.79 Å². The smallest absolute Gasteiger partial charge is 0.293 e. The number of rotatable bonds is 5. The van der Waals surface area contributed by atoms with E-state index in [9.17, 15) is 14.4 Å². The van der Waals surface area contributed by atoms with Crippen LogP contribution in [0.3, 0.4) is 0 Å². The monoisotopic (exact) mass is 387 g/mol. The van der Waals surface area contributed by atoms with Gasteiger partial charge in [0.25, 0.3) is 17.1 Å². The maximum Gasteiger partial charge on any atom is 0.293 e. The number of carbonyl (C=O) groups excluding carboxylic acids is 3. The van der Waals surface area contributed by atoms with Crippen molar-refractivity contribution in [3.05, 3.63) is 69.8 Å². The van der Waals surface area contributed by atoms with E-state index in [1.54, 1.807) is 12.1 Å². The van der Waals surface area contributed by atoms with Gasteiger partial charge in [0.1, 0.15) is 5.15 Å². The predicted octanol–water partition coefficient (Wildman–Crippen LogP) is 3.20. The van der Waals surface area contributed by atoms with Crippen LogP contribution >= 0.6 is 23.4 Å². The number of amides is 3. The summed E-state index contributed by atoms with van der Waals surface area (Å²) in [7, 11) is 0. The maximum absolute atomic E-state index is 12.4. The molecule has 0 bridgehead atoms. The van der Waals surface area contributed by atoms with Crippen molar-refractivity contribution in [1.29, 1.82) is 0 Å². The Hall–Kier alpha value is -2.64. The molecule has 0 atom stereocenters. The lowest BCUT2D eigenvalue weighted by Gasteiger charge is -2.12. The second kappa shape index (κ2) is 8.16. The van der Waals surface area contributed by atoms with Crippen LogP contribution in [0.25, 0.3) is 6.08 Å². The number of hydrogen-bond acceptors (Lipinski definition) is 5. The van der Waals surface area contributed by atoms with Gasteiger partial charge in [-0.15, -0.1) is 0 Å². The normalized spacial score (nSPS) is 15.6. The molecule has 0 aliphatic carbocycles. The molecule has 1 aliphatic heterocycles. The van der Waals surface area contributed by atoms with Crippen molar-refractivity contribution in [3.8, 4) is 0 Å². The standard InChI is InChI=1S/C18H14ClN3O3S/c19-15-7-6-13(11-21-15)16(23)20-8-9-22-17(24)14(26-18(22)25)10-12-4-2-1-3-5-12/h1-7,10-11H,8-9H2,(H,20,23)/b14-10+. The third-order valence-corrected chi connectivity index (χ3v) is 4.71. The Morgan fingerprint density at radius 3 is 2.65 bits per heavy atom. The molecule has 1 aliphatic rings. The van der Waals surface area contributed by atoms with Crippen molar-refractivity contribution in [1.82, 2.24) is 15.2 Å². The highest BCUT2D eigenvalue weighted by atomic mass is 35.5. The van der Waals surface area contributed by atoms with Crippen LogP contribution in [0.1, 0.15) is 15.9 Å². The molecule has 2 aromatic rings. The molecular formula is C18H14ClN3O3S. The molecule has 1 saturated heterocycles. The molecule has 6 nitrogen and oxygen atoms in total. The van der Waals surface area contributed by atoms with Crippen LogP contribution in [0, 0.1) is 0 Å². The van der Waals surface area contributed by atoms with Gasteiger partial charge in [0, 0.05) is 19.3 Å². The summed E-state index contributed by atoms with van der Waals surface area (Å²) in [6, 6.07) is 12.4. The number of benzene rings is 1. The van der Waals surface area contributed by atoms with E-state index in [0.29, 0.717) is 15.6 Å². The van der Waals surface area contributed by atoms with Crippen molar-refractivity contribution in [2.75, 3.05) is 13.1 Å². The summed E-state index contributed by atoms with van der Waals surface area (Å²) in [6.07, 6.45) is 3.04. The van der Waals surface area contributed by atoms with Crippen LogP contribution < -0.4 is 5.32 Å². The van der Waals surface area contributed by atoms with E-state index >= 15 is 0 Å². The molecule has 1 N–H and O–H groups in total. The summed E-state index contributed by atoms with van der Waals surface area (Å²) < 4.78 is 0. The average Bonchev–Trinajstić information content (AvgIpc) is 2.90. The molecule has 0 radical (unpaired) electrons. The van der Waals surface area contributed by atoms with Gasteiger partial charge in [-0.3, -0.25) is 19.3 Å². The van der Waals surface area contributed by atoms with E-state index in [2.05, 4.69) is 10.3 Å². The van der Waals surface area contributed by atoms with E-state index in [1.165, 1.54) is 12.3 Å². The molecular weight excluding hydrogens is 374 g/mol. The third-order valence-electron chi connectivity index (χ3n) is 3.58. The van der Waals surface area contributed by atoms with Crippen LogP contribution in [0.5, 0.6) is 0 Å². The van der Waals surface area contributed by atoms with Crippen molar-refractivity contribution < 1.29 is 14.4 Å². The lowest BCUT2D eigenvalue weighted by molar-refractivity contribution is -0.122. The van der Waals surface area contributed by atoms with E-state index in [0.717, 1.165) is 22.2 Å². The predicted molar refractivity (Wildman–Crippen MR) is 101 cm³/mol. The Labute approximate surface area is 159 Å². The fourth-order valence-electron chi connectivity index (χ4n) is 2.29. The van der Waals surface area contributed by atoms with E-state index in [4.69, 9.17) is 11.6 Å². The average molecular weight is 388 g/mol. The zero-order valence-electron chi connectivity index (χ0n) is 13.5. The Kier molecular flexibility index (Phi) is 5.70. The Morgan fingerprint density at radius 2 is 1.96 bits per heavy atom. The summed E-state index contributed by atoms with van der Waals surface area (Å²) in [5.41, 5.74) is 1.20. The number of thioether (sulfide) groups is 1. The van der Waals surface area contributed by atoms with Crippen LogP contribution in [-0.4, -0.2) is 40.0 Å². The van der Waals surface area contributed by atoms with Gasteiger partial charge >= 0.3 is 0 Å². The summed E-state index contributed by atoms with van der Waals surface area (Å²) >= 11 is 6.57. The molecule has 0 spiro atoms. The first kappa shape index (κ1) is 18.2. The summed E-state index contributed by atoms with van der Waals surface area (Å²) in [4.78, 5) is 41.8. The molecule has 0 unspecified atom stereocenters. The molecule has 8 heteroatoms. The summed E-state index contributed by atoms with van der Waals surface area (Å²) in [6.45, 7) is 0.252. The van der Waals surface area contributed by atoms with Gasteiger partial charge in [0.05, 0.1) is 10.5 Å². The van der Waals surface area contributed by atoms with E-state index in [1.807, 2.05) is 30.3 Å². The highest BCUT2D eigenvalue weighted by Crippen LogP contribution is 2.31. The Morgan fingerprint density at radius 1 is 1.19 bits per heavy atom. The summed E-state index contributed by atoms with van der Waals surface area (Å²) in [5, 5.41) is 2.60. The lowest BCUT2D eigenvalue weighted by Crippen LogP contribution is -2.37. The Bertz CT molecular complexity index is 869. The minimum absolute atomic E-state index is 0.101. The first-order valence-corrected chi connectivity index (χ1v) is 8.94. The quantitative estimate of drug-likeness (QED) is 0.629. The van der Waals surface area contributed by atoms with Gasteiger partial charge in [-0.1, -0.05) is 41.9 Å². The van der Waals surface area contributed by atoms with E-state index in [-0.39, 0.29) is 30.1 Å². The first-order valence-electron chi connectivity index (χ1n) is 7.75. The lowest BCUT2D eigenvalue weighted by atomic mass is 10.2. The molecule has 1 aromatic heterocycles. The number of nitrogens with zero attached hydrogens (tertiary/aromatic N) is 2. The molecule has 1 fully saturated rings. The van der Waals surface area contributed by atoms with Crippen LogP contribution in [0.15, 0.2) is 53.6 Å². The zero-order chi connectivity index (χ0) is 18.5. The highest BCUT2D eigenvalue weighted by molar-refractivity contribution is 8.18. The molecule has 3 amide bonds. The van der Waals surface area contributed by atoms with Gasteiger partial charge in [-0.2, -0.15) is 0 Å². The first-order chi connectivity index (χ1) is 12.5. The van der Waals surface area contributed by atoms with Crippen molar-refractivity contribution in [3.63, 3.8) is 0 Å². The topological polar surface area (TPSA) is 79.4 Å². The minimum Gasteiger partial charge on any atom is -0.350 e.